The molecule has 1 amide bonds. The summed E-state index contributed by atoms with van der Waals surface area (Å²) in [6, 6.07) is 13.2. The molecule has 4 nitrogen and oxygen atoms in total. The molecule has 1 saturated heterocycles. The molecule has 1 fully saturated rings. The summed E-state index contributed by atoms with van der Waals surface area (Å²) in [5.74, 6) is 0.694. The summed E-state index contributed by atoms with van der Waals surface area (Å²) in [6.07, 6.45) is 0. The molecular weight excluding hydrogens is 278 g/mol. The van der Waals surface area contributed by atoms with Crippen molar-refractivity contribution in [1.82, 2.24) is 4.90 Å². The fourth-order valence-electron chi connectivity index (χ4n) is 3.61. The van der Waals surface area contributed by atoms with Crippen molar-refractivity contribution >= 4 is 5.91 Å². The van der Waals surface area contributed by atoms with Crippen molar-refractivity contribution in [1.29, 1.82) is 0 Å². The summed E-state index contributed by atoms with van der Waals surface area (Å²) in [7, 11) is 1.73. The van der Waals surface area contributed by atoms with E-state index in [-0.39, 0.29) is 11.8 Å². The quantitative estimate of drug-likeness (QED) is 0.812. The summed E-state index contributed by atoms with van der Waals surface area (Å²) in [6.45, 7) is 2.40. The number of hydrogen-bond donors (Lipinski definition) is 1. The van der Waals surface area contributed by atoms with Crippen molar-refractivity contribution in [3.63, 3.8) is 0 Å². The lowest BCUT2D eigenvalue weighted by Gasteiger charge is -2.26. The van der Waals surface area contributed by atoms with Crippen molar-refractivity contribution in [3.8, 4) is 11.5 Å². The van der Waals surface area contributed by atoms with Crippen LogP contribution in [0.25, 0.3) is 0 Å². The van der Waals surface area contributed by atoms with Gasteiger partial charge in [-0.1, -0.05) is 36.4 Å². The minimum Gasteiger partial charge on any atom is -0.456 e. The molecule has 4 heteroatoms. The monoisotopic (exact) mass is 295 g/mol. The first kappa shape index (κ1) is 13.3. The molecule has 4 rings (SSSR count). The molecular formula is C18H17NO3. The third kappa shape index (κ3) is 1.53. The Bertz CT molecular complexity index is 786. The van der Waals surface area contributed by atoms with E-state index < -0.39 is 5.60 Å². The number of aliphatic hydroxyl groups is 1. The molecule has 2 aliphatic heterocycles. The van der Waals surface area contributed by atoms with E-state index in [1.807, 2.05) is 43.3 Å². The van der Waals surface area contributed by atoms with Crippen molar-refractivity contribution in [2.45, 2.75) is 18.4 Å². The maximum absolute atomic E-state index is 12.7. The van der Waals surface area contributed by atoms with Gasteiger partial charge in [0.2, 0.25) is 0 Å². The third-order valence-electron chi connectivity index (χ3n) is 4.76. The molecule has 0 unspecified atom stereocenters. The fourth-order valence-corrected chi connectivity index (χ4v) is 3.61. The molecule has 0 bridgehead atoms. The summed E-state index contributed by atoms with van der Waals surface area (Å²) < 4.78 is 6.09. The van der Waals surface area contributed by atoms with Gasteiger partial charge < -0.3 is 14.7 Å². The van der Waals surface area contributed by atoms with E-state index in [9.17, 15) is 9.90 Å². The van der Waals surface area contributed by atoms with E-state index in [0.29, 0.717) is 23.6 Å². The molecule has 22 heavy (non-hydrogen) atoms. The van der Waals surface area contributed by atoms with Gasteiger partial charge in [-0.15, -0.1) is 0 Å². The van der Waals surface area contributed by atoms with Crippen LogP contribution >= 0.6 is 0 Å². The van der Waals surface area contributed by atoms with Crippen molar-refractivity contribution < 1.29 is 14.6 Å². The van der Waals surface area contributed by atoms with Gasteiger partial charge in [0.25, 0.3) is 5.91 Å². The number of likely N-dealkylation sites (tertiary alicyclic amines) is 1. The van der Waals surface area contributed by atoms with Gasteiger partial charge in [-0.05, 0) is 18.6 Å². The van der Waals surface area contributed by atoms with Gasteiger partial charge in [-0.3, -0.25) is 4.79 Å². The second-order valence-electron chi connectivity index (χ2n) is 6.10. The summed E-state index contributed by atoms with van der Waals surface area (Å²) in [5, 5.41) is 11.4. The minimum atomic E-state index is -1.57. The SMILES string of the molecule is Cc1cccc2c1Oc1ccccc1[C@H]1CN(C)C(=O)[C@@]21O. The third-order valence-corrected chi connectivity index (χ3v) is 4.76. The van der Waals surface area contributed by atoms with Crippen LogP contribution in [0.5, 0.6) is 11.5 Å². The number of likely N-dealkylation sites (N-methyl/N-ethyl adjacent to an activating group) is 1. The number of para-hydroxylation sites is 2. The predicted octanol–water partition coefficient (Wildman–Crippen LogP) is 2.54. The minimum absolute atomic E-state index is 0.273. The molecule has 0 spiro atoms. The normalized spacial score (nSPS) is 25.9. The van der Waals surface area contributed by atoms with Gasteiger partial charge in [0.15, 0.2) is 5.60 Å². The Morgan fingerprint density at radius 3 is 2.82 bits per heavy atom. The number of fused-ring (bicyclic) bond motifs is 5. The zero-order valence-electron chi connectivity index (χ0n) is 12.5. The van der Waals surface area contributed by atoms with E-state index in [2.05, 4.69) is 0 Å². The van der Waals surface area contributed by atoms with Crippen LogP contribution in [0.15, 0.2) is 42.5 Å². The zero-order chi connectivity index (χ0) is 15.5. The van der Waals surface area contributed by atoms with Crippen LogP contribution in [0.3, 0.4) is 0 Å². The smallest absolute Gasteiger partial charge is 0.259 e. The van der Waals surface area contributed by atoms with Crippen molar-refractivity contribution in [3.05, 3.63) is 59.2 Å². The Kier molecular flexibility index (Phi) is 2.63. The van der Waals surface area contributed by atoms with Crippen LogP contribution in [0.2, 0.25) is 0 Å². The number of benzene rings is 2. The van der Waals surface area contributed by atoms with E-state index >= 15 is 0 Å². The van der Waals surface area contributed by atoms with Gasteiger partial charge in [0, 0.05) is 30.6 Å². The molecule has 2 aliphatic rings. The summed E-state index contributed by atoms with van der Waals surface area (Å²) in [4.78, 5) is 14.3. The van der Waals surface area contributed by atoms with Crippen LogP contribution in [0, 0.1) is 6.92 Å². The second-order valence-corrected chi connectivity index (χ2v) is 6.10. The Labute approximate surface area is 128 Å². The van der Waals surface area contributed by atoms with E-state index in [1.54, 1.807) is 18.0 Å². The zero-order valence-corrected chi connectivity index (χ0v) is 12.5. The number of ether oxygens (including phenoxy) is 1. The molecule has 0 saturated carbocycles. The van der Waals surface area contributed by atoms with Crippen molar-refractivity contribution in [2.24, 2.45) is 0 Å². The highest BCUT2D eigenvalue weighted by atomic mass is 16.5. The Morgan fingerprint density at radius 1 is 1.23 bits per heavy atom. The average molecular weight is 295 g/mol. The van der Waals surface area contributed by atoms with Gasteiger partial charge in [-0.25, -0.2) is 0 Å². The molecule has 2 aromatic carbocycles. The molecule has 2 aromatic rings. The largest absolute Gasteiger partial charge is 0.456 e. The van der Waals surface area contributed by atoms with Gasteiger partial charge in [0.05, 0.1) is 0 Å². The molecule has 2 atom stereocenters. The highest BCUT2D eigenvalue weighted by molar-refractivity contribution is 5.91. The number of carbonyl (C=O) groups is 1. The lowest BCUT2D eigenvalue weighted by Crippen LogP contribution is -2.38. The highest BCUT2D eigenvalue weighted by Crippen LogP contribution is 2.53. The van der Waals surface area contributed by atoms with E-state index in [1.165, 1.54) is 0 Å². The first-order valence-corrected chi connectivity index (χ1v) is 7.38. The van der Waals surface area contributed by atoms with Gasteiger partial charge in [-0.2, -0.15) is 0 Å². The number of nitrogens with zero attached hydrogens (tertiary/aromatic N) is 1. The second kappa shape index (κ2) is 4.34. The lowest BCUT2D eigenvalue weighted by atomic mass is 9.79. The van der Waals surface area contributed by atoms with E-state index in [0.717, 1.165) is 11.1 Å². The molecule has 112 valence electrons. The van der Waals surface area contributed by atoms with Crippen LogP contribution in [-0.4, -0.2) is 29.5 Å². The van der Waals surface area contributed by atoms with Crippen LogP contribution < -0.4 is 4.74 Å². The van der Waals surface area contributed by atoms with Crippen LogP contribution in [-0.2, 0) is 10.4 Å². The Hall–Kier alpha value is -2.33. The Balaban J connectivity index is 2.08. The van der Waals surface area contributed by atoms with Crippen molar-refractivity contribution in [2.75, 3.05) is 13.6 Å². The molecule has 1 N–H and O–H groups in total. The maximum atomic E-state index is 12.7. The lowest BCUT2D eigenvalue weighted by molar-refractivity contribution is -0.143. The first-order valence-electron chi connectivity index (χ1n) is 7.38. The number of hydrogen-bond acceptors (Lipinski definition) is 3. The fraction of sp³-hybridized carbons (Fsp3) is 0.278. The molecule has 0 aromatic heterocycles. The van der Waals surface area contributed by atoms with Crippen LogP contribution in [0.1, 0.15) is 22.6 Å². The number of aryl methyl sites for hydroxylation is 1. The number of amides is 1. The van der Waals surface area contributed by atoms with E-state index in [4.69, 9.17) is 4.74 Å². The highest BCUT2D eigenvalue weighted by Gasteiger charge is 2.56. The molecule has 2 heterocycles. The summed E-state index contributed by atoms with van der Waals surface area (Å²) >= 11 is 0. The first-order chi connectivity index (χ1) is 10.5. The number of carbonyl (C=O) groups excluding carboxylic acids is 1. The summed E-state index contributed by atoms with van der Waals surface area (Å²) in [5.41, 5.74) is 0.771. The Morgan fingerprint density at radius 2 is 2.00 bits per heavy atom. The van der Waals surface area contributed by atoms with Gasteiger partial charge in [0.1, 0.15) is 11.5 Å². The standard InChI is InChI=1S/C18H17NO3/c1-11-6-5-8-13-16(11)22-15-9-4-3-7-12(15)14-10-19(2)17(20)18(13,14)21/h3-9,14,21H,10H2,1-2H3/t14-,18-/m1/s1. The molecule has 0 radical (unpaired) electrons. The predicted molar refractivity (Wildman–Crippen MR) is 82.0 cm³/mol. The number of rotatable bonds is 0. The van der Waals surface area contributed by atoms with Crippen LogP contribution in [0.4, 0.5) is 0 Å². The van der Waals surface area contributed by atoms with Gasteiger partial charge >= 0.3 is 0 Å². The molecule has 0 aliphatic carbocycles. The topological polar surface area (TPSA) is 49.8 Å². The average Bonchev–Trinajstić information content (AvgIpc) is 2.68. The maximum Gasteiger partial charge on any atom is 0.259 e.